The fourth-order valence-electron chi connectivity index (χ4n) is 0.232. The average Bonchev–Trinajstić information content (AvgIpc) is 1.68. The van der Waals surface area contributed by atoms with Gasteiger partial charge in [0, 0.05) is 14.2 Å². The maximum atomic E-state index is 4.83. The Balaban J connectivity index is 2.83. The summed E-state index contributed by atoms with van der Waals surface area (Å²) in [5, 5.41) is 0. The quantitative estimate of drug-likeness (QED) is 0.507. The van der Waals surface area contributed by atoms with Gasteiger partial charge in [-0.1, -0.05) is 0 Å². The molecule has 0 aromatic carbocycles. The normalized spacial score (nSPS) is 14.1. The van der Waals surface area contributed by atoms with Gasteiger partial charge in [0.1, 0.15) is 0 Å². The zero-order valence-electron chi connectivity index (χ0n) is 4.68. The highest BCUT2D eigenvalue weighted by atomic mass is 31.0. The first-order chi connectivity index (χ1) is 3.31. The van der Waals surface area contributed by atoms with E-state index >= 15 is 0 Å². The molecule has 44 valence electrons. The Morgan fingerprint density at radius 3 is 2.29 bits per heavy atom. The predicted molar refractivity (Wildman–Crippen MR) is 32.4 cm³/mol. The van der Waals surface area contributed by atoms with Crippen molar-refractivity contribution in [1.29, 1.82) is 0 Å². The molecule has 2 unspecified atom stereocenters. The van der Waals surface area contributed by atoms with Crippen LogP contribution in [-0.2, 0) is 9.47 Å². The highest BCUT2D eigenvalue weighted by Crippen LogP contribution is 1.98. The van der Waals surface area contributed by atoms with Crippen molar-refractivity contribution in [3.05, 3.63) is 0 Å². The number of hydrogen-bond donors (Lipinski definition) is 0. The van der Waals surface area contributed by atoms with E-state index in [-0.39, 0.29) is 5.85 Å². The molecule has 0 aliphatic carbocycles. The molecule has 2 atom stereocenters. The lowest BCUT2D eigenvalue weighted by Crippen LogP contribution is -2.07. The highest BCUT2D eigenvalue weighted by Gasteiger charge is 1.93. The predicted octanol–water partition coefficient (Wildman–Crippen LogP) is 0.480. The van der Waals surface area contributed by atoms with Crippen molar-refractivity contribution in [2.24, 2.45) is 0 Å². The van der Waals surface area contributed by atoms with Gasteiger partial charge in [0.2, 0.25) is 0 Å². The summed E-state index contributed by atoms with van der Waals surface area (Å²) in [7, 11) is 5.81. The maximum absolute atomic E-state index is 4.83. The molecule has 0 bridgehead atoms. The van der Waals surface area contributed by atoms with Crippen LogP contribution in [0.4, 0.5) is 0 Å². The van der Waals surface area contributed by atoms with E-state index in [0.717, 1.165) is 0 Å². The molecule has 0 aromatic rings. The zero-order valence-corrected chi connectivity index (χ0v) is 5.83. The van der Waals surface area contributed by atoms with Gasteiger partial charge in [-0.25, -0.2) is 0 Å². The Kier molecular flexibility index (Phi) is 4.73. The third kappa shape index (κ3) is 4.20. The number of ether oxygens (including phenoxy) is 2. The second-order valence-corrected chi connectivity index (χ2v) is 1.97. The van der Waals surface area contributed by atoms with Gasteiger partial charge in [-0.3, -0.25) is 0 Å². The van der Waals surface area contributed by atoms with Crippen LogP contribution in [0.5, 0.6) is 0 Å². The van der Waals surface area contributed by atoms with Gasteiger partial charge in [0.25, 0.3) is 0 Å². The Hall–Kier alpha value is 0.350. The molecule has 7 heavy (non-hydrogen) atoms. The lowest BCUT2D eigenvalue weighted by Gasteiger charge is -2.04. The van der Waals surface area contributed by atoms with Crippen molar-refractivity contribution in [1.82, 2.24) is 0 Å². The second-order valence-electron chi connectivity index (χ2n) is 1.23. The molecular weight excluding hydrogens is 111 g/mol. The van der Waals surface area contributed by atoms with Crippen LogP contribution in [0.2, 0.25) is 0 Å². The van der Waals surface area contributed by atoms with Crippen molar-refractivity contribution in [2.75, 3.05) is 20.8 Å². The molecular formula is C4H11O2P. The smallest absolute Gasteiger partial charge is 0.0936 e. The lowest BCUT2D eigenvalue weighted by molar-refractivity contribution is 0.0807. The van der Waals surface area contributed by atoms with Crippen molar-refractivity contribution in [2.45, 2.75) is 5.85 Å². The molecule has 0 radical (unpaired) electrons. The second kappa shape index (κ2) is 4.51. The summed E-state index contributed by atoms with van der Waals surface area (Å²) in [4.78, 5) is 0. The topological polar surface area (TPSA) is 18.5 Å². The molecule has 0 heterocycles. The van der Waals surface area contributed by atoms with E-state index in [1.54, 1.807) is 14.2 Å². The first-order valence-corrected chi connectivity index (χ1v) is 2.75. The van der Waals surface area contributed by atoms with Crippen LogP contribution in [0.25, 0.3) is 0 Å². The largest absolute Gasteiger partial charge is 0.382 e. The molecule has 0 amide bonds. The highest BCUT2D eigenvalue weighted by molar-refractivity contribution is 7.17. The number of hydrogen-bond acceptors (Lipinski definition) is 2. The average molecular weight is 122 g/mol. The van der Waals surface area contributed by atoms with Crippen LogP contribution in [-0.4, -0.2) is 26.7 Å². The van der Waals surface area contributed by atoms with Crippen LogP contribution in [0.15, 0.2) is 0 Å². The minimum absolute atomic E-state index is 0.144. The molecule has 0 saturated carbocycles. The van der Waals surface area contributed by atoms with Gasteiger partial charge in [0.05, 0.1) is 12.5 Å². The Morgan fingerprint density at radius 2 is 2.14 bits per heavy atom. The van der Waals surface area contributed by atoms with Crippen LogP contribution < -0.4 is 0 Å². The van der Waals surface area contributed by atoms with E-state index in [9.17, 15) is 0 Å². The summed E-state index contributed by atoms with van der Waals surface area (Å²) in [5.41, 5.74) is 0. The first kappa shape index (κ1) is 7.35. The SMILES string of the molecule is COCC(P)OC. The fourth-order valence-corrected chi connectivity index (χ4v) is 0.425. The summed E-state index contributed by atoms with van der Waals surface area (Å²) >= 11 is 0. The molecule has 0 fully saturated rings. The third-order valence-corrected chi connectivity index (χ3v) is 1.10. The summed E-state index contributed by atoms with van der Waals surface area (Å²) in [6.07, 6.45) is 0. The molecule has 0 N–H and O–H groups in total. The lowest BCUT2D eigenvalue weighted by atomic mass is 10.8. The van der Waals surface area contributed by atoms with E-state index in [1.807, 2.05) is 0 Å². The minimum atomic E-state index is 0.144. The van der Waals surface area contributed by atoms with Crippen molar-refractivity contribution in [3.63, 3.8) is 0 Å². The first-order valence-electron chi connectivity index (χ1n) is 2.08. The summed E-state index contributed by atoms with van der Waals surface area (Å²) in [5.74, 6) is 0.144. The van der Waals surface area contributed by atoms with Crippen molar-refractivity contribution < 1.29 is 9.47 Å². The standard InChI is InChI=1S/C4H11O2P/c1-5-3-4(7)6-2/h4H,3,7H2,1-2H3. The summed E-state index contributed by atoms with van der Waals surface area (Å²) in [6, 6.07) is 0. The van der Waals surface area contributed by atoms with Gasteiger partial charge in [0.15, 0.2) is 0 Å². The van der Waals surface area contributed by atoms with Gasteiger partial charge >= 0.3 is 0 Å². The van der Waals surface area contributed by atoms with Gasteiger partial charge in [-0.2, -0.15) is 0 Å². The maximum Gasteiger partial charge on any atom is 0.0936 e. The monoisotopic (exact) mass is 122 g/mol. The van der Waals surface area contributed by atoms with Crippen LogP contribution in [0.3, 0.4) is 0 Å². The van der Waals surface area contributed by atoms with E-state index in [1.165, 1.54) is 0 Å². The summed E-state index contributed by atoms with van der Waals surface area (Å²) < 4.78 is 9.58. The Labute approximate surface area is 46.4 Å². The molecule has 0 rings (SSSR count). The Bertz CT molecular complexity index is 40.7. The van der Waals surface area contributed by atoms with Gasteiger partial charge in [-0.05, 0) is 0 Å². The summed E-state index contributed by atoms with van der Waals surface area (Å²) in [6.45, 7) is 0.640. The number of rotatable bonds is 3. The molecule has 3 heteroatoms. The fraction of sp³-hybridized carbons (Fsp3) is 1.00. The van der Waals surface area contributed by atoms with E-state index < -0.39 is 0 Å². The minimum Gasteiger partial charge on any atom is -0.382 e. The van der Waals surface area contributed by atoms with Crippen molar-refractivity contribution >= 4 is 9.24 Å². The van der Waals surface area contributed by atoms with E-state index in [2.05, 4.69) is 9.24 Å². The molecule has 0 aromatic heterocycles. The molecule has 2 nitrogen and oxygen atoms in total. The van der Waals surface area contributed by atoms with Gasteiger partial charge < -0.3 is 9.47 Å². The van der Waals surface area contributed by atoms with Crippen LogP contribution in [0, 0.1) is 0 Å². The molecule has 0 saturated heterocycles. The van der Waals surface area contributed by atoms with E-state index in [0.29, 0.717) is 6.61 Å². The van der Waals surface area contributed by atoms with Crippen molar-refractivity contribution in [3.8, 4) is 0 Å². The molecule has 0 aliphatic heterocycles. The van der Waals surface area contributed by atoms with Crippen LogP contribution in [0.1, 0.15) is 0 Å². The third-order valence-electron chi connectivity index (χ3n) is 0.634. The Morgan fingerprint density at radius 1 is 1.57 bits per heavy atom. The number of methoxy groups -OCH3 is 2. The van der Waals surface area contributed by atoms with Crippen LogP contribution >= 0.6 is 9.24 Å². The molecule has 0 aliphatic rings. The van der Waals surface area contributed by atoms with E-state index in [4.69, 9.17) is 9.47 Å². The van der Waals surface area contributed by atoms with Gasteiger partial charge in [-0.15, -0.1) is 9.24 Å². The molecule has 0 spiro atoms. The zero-order chi connectivity index (χ0) is 5.70.